The van der Waals surface area contributed by atoms with Gasteiger partial charge in [0.25, 0.3) is 0 Å². The van der Waals surface area contributed by atoms with Crippen molar-refractivity contribution in [2.45, 2.75) is 39.8 Å². The van der Waals surface area contributed by atoms with Crippen LogP contribution >= 0.6 is 0 Å². The summed E-state index contributed by atoms with van der Waals surface area (Å²) in [6, 6.07) is 1.22. The Hall–Kier alpha value is -0.200. The molecule has 0 bridgehead atoms. The van der Waals surface area contributed by atoms with E-state index in [9.17, 15) is 0 Å². The van der Waals surface area contributed by atoms with Gasteiger partial charge in [0.05, 0.1) is 13.2 Å². The van der Waals surface area contributed by atoms with Crippen LogP contribution in [0.15, 0.2) is 0 Å². The maximum Gasteiger partial charge on any atom is 0.0594 e. The van der Waals surface area contributed by atoms with Crippen LogP contribution < -0.4 is 10.6 Å². The number of hydrogen-bond acceptors (Lipinski definition) is 5. The third-order valence-corrected chi connectivity index (χ3v) is 3.20. The zero-order valence-electron chi connectivity index (χ0n) is 15.1. The first-order valence-corrected chi connectivity index (χ1v) is 8.33. The Morgan fingerprint density at radius 3 is 1.95 bits per heavy atom. The van der Waals surface area contributed by atoms with Gasteiger partial charge in [-0.15, -0.1) is 0 Å². The fraction of sp³-hybridized carbons (Fsp3) is 1.00. The summed E-state index contributed by atoms with van der Waals surface area (Å²) in [5, 5.41) is 6.75. The van der Waals surface area contributed by atoms with E-state index in [1.807, 2.05) is 0 Å². The van der Waals surface area contributed by atoms with E-state index in [0.717, 1.165) is 52.5 Å². The van der Waals surface area contributed by atoms with Gasteiger partial charge in [0.15, 0.2) is 0 Å². The molecule has 21 heavy (non-hydrogen) atoms. The SMILES string of the molecule is CC(C)NCCN(C)C.CC(C)NCCN1CCOCC1. The molecule has 0 atom stereocenters. The molecule has 1 heterocycles. The van der Waals surface area contributed by atoms with E-state index >= 15 is 0 Å². The van der Waals surface area contributed by atoms with E-state index in [1.165, 1.54) is 0 Å². The maximum absolute atomic E-state index is 5.27. The molecular formula is C16H38N4O. The zero-order valence-corrected chi connectivity index (χ0v) is 15.1. The van der Waals surface area contributed by atoms with Gasteiger partial charge in [-0.1, -0.05) is 27.7 Å². The summed E-state index contributed by atoms with van der Waals surface area (Å²) in [5.74, 6) is 0. The Labute approximate surface area is 132 Å². The van der Waals surface area contributed by atoms with Gasteiger partial charge in [-0.25, -0.2) is 0 Å². The average molecular weight is 303 g/mol. The first-order chi connectivity index (χ1) is 9.91. The molecule has 1 saturated heterocycles. The molecule has 1 fully saturated rings. The molecule has 0 radical (unpaired) electrons. The Morgan fingerprint density at radius 2 is 1.48 bits per heavy atom. The van der Waals surface area contributed by atoms with E-state index in [0.29, 0.717) is 12.1 Å². The molecule has 0 aromatic heterocycles. The van der Waals surface area contributed by atoms with Gasteiger partial charge in [-0.05, 0) is 14.1 Å². The van der Waals surface area contributed by atoms with Crippen LogP contribution in [-0.2, 0) is 4.74 Å². The molecule has 0 unspecified atom stereocenters. The standard InChI is InChI=1S/C9H20N2O.C7H18N2/c1-9(2)10-3-4-11-5-7-12-8-6-11;1-7(2)8-5-6-9(3)4/h9-10H,3-8H2,1-2H3;7-8H,5-6H2,1-4H3. The summed E-state index contributed by atoms with van der Waals surface area (Å²) < 4.78 is 5.27. The Balaban J connectivity index is 0.000000400. The van der Waals surface area contributed by atoms with Gasteiger partial charge in [0.2, 0.25) is 0 Å². The van der Waals surface area contributed by atoms with Crippen LogP contribution in [-0.4, -0.2) is 88.5 Å². The minimum absolute atomic E-state index is 0.603. The summed E-state index contributed by atoms with van der Waals surface area (Å²) in [6.07, 6.45) is 0. The molecule has 0 aromatic rings. The van der Waals surface area contributed by atoms with Crippen molar-refractivity contribution < 1.29 is 4.74 Å². The van der Waals surface area contributed by atoms with Crippen LogP contribution in [0.5, 0.6) is 0 Å². The lowest BCUT2D eigenvalue weighted by molar-refractivity contribution is 0.0382. The van der Waals surface area contributed by atoms with Crippen LogP contribution in [0.1, 0.15) is 27.7 Å². The highest BCUT2D eigenvalue weighted by atomic mass is 16.5. The number of ether oxygens (including phenoxy) is 1. The molecule has 0 saturated carbocycles. The van der Waals surface area contributed by atoms with Crippen molar-refractivity contribution in [3.05, 3.63) is 0 Å². The van der Waals surface area contributed by atoms with Crippen molar-refractivity contribution in [1.82, 2.24) is 20.4 Å². The van der Waals surface area contributed by atoms with E-state index in [2.05, 4.69) is 62.2 Å². The van der Waals surface area contributed by atoms with Crippen molar-refractivity contribution in [1.29, 1.82) is 0 Å². The summed E-state index contributed by atoms with van der Waals surface area (Å²) in [7, 11) is 4.17. The van der Waals surface area contributed by atoms with Gasteiger partial charge in [-0.3, -0.25) is 4.90 Å². The van der Waals surface area contributed by atoms with Crippen LogP contribution in [0, 0.1) is 0 Å². The van der Waals surface area contributed by atoms with E-state index in [1.54, 1.807) is 0 Å². The van der Waals surface area contributed by atoms with Crippen LogP contribution in [0.4, 0.5) is 0 Å². The lowest BCUT2D eigenvalue weighted by atomic mass is 10.3. The van der Waals surface area contributed by atoms with E-state index in [-0.39, 0.29) is 0 Å². The minimum atomic E-state index is 0.603. The quantitative estimate of drug-likeness (QED) is 0.696. The predicted octanol–water partition coefficient (Wildman–Crippen LogP) is 0.863. The first-order valence-electron chi connectivity index (χ1n) is 8.33. The largest absolute Gasteiger partial charge is 0.379 e. The first kappa shape index (κ1) is 20.8. The highest BCUT2D eigenvalue weighted by Gasteiger charge is 2.08. The van der Waals surface area contributed by atoms with Crippen molar-refractivity contribution in [3.8, 4) is 0 Å². The van der Waals surface area contributed by atoms with Crippen LogP contribution in [0.25, 0.3) is 0 Å². The fourth-order valence-corrected chi connectivity index (χ4v) is 1.91. The fourth-order valence-electron chi connectivity index (χ4n) is 1.91. The normalized spacial score (nSPS) is 16.4. The van der Waals surface area contributed by atoms with Gasteiger partial charge in [0.1, 0.15) is 0 Å². The molecule has 0 spiro atoms. The van der Waals surface area contributed by atoms with Gasteiger partial charge >= 0.3 is 0 Å². The third kappa shape index (κ3) is 16.0. The molecule has 2 N–H and O–H groups in total. The molecule has 0 aromatic carbocycles. The second-order valence-corrected chi connectivity index (χ2v) is 6.47. The van der Waals surface area contributed by atoms with Crippen molar-refractivity contribution >= 4 is 0 Å². The molecule has 0 amide bonds. The number of nitrogens with one attached hydrogen (secondary N) is 2. The average Bonchev–Trinajstić information content (AvgIpc) is 2.39. The molecule has 0 aliphatic carbocycles. The summed E-state index contributed by atoms with van der Waals surface area (Å²) in [6.45, 7) is 17.1. The molecule has 128 valence electrons. The second-order valence-electron chi connectivity index (χ2n) is 6.47. The van der Waals surface area contributed by atoms with Crippen LogP contribution in [0.3, 0.4) is 0 Å². The Bertz CT molecular complexity index is 208. The molecular weight excluding hydrogens is 264 g/mol. The molecule has 5 heteroatoms. The topological polar surface area (TPSA) is 39.8 Å². The van der Waals surface area contributed by atoms with Gasteiger partial charge < -0.3 is 20.3 Å². The lowest BCUT2D eigenvalue weighted by Crippen LogP contribution is -2.41. The molecule has 1 aliphatic rings. The maximum atomic E-state index is 5.27. The number of hydrogen-bond donors (Lipinski definition) is 2. The van der Waals surface area contributed by atoms with E-state index < -0.39 is 0 Å². The van der Waals surface area contributed by atoms with Crippen molar-refractivity contribution in [2.75, 3.05) is 66.6 Å². The predicted molar refractivity (Wildman–Crippen MR) is 92.1 cm³/mol. The monoisotopic (exact) mass is 302 g/mol. The van der Waals surface area contributed by atoms with Crippen molar-refractivity contribution in [3.63, 3.8) is 0 Å². The lowest BCUT2D eigenvalue weighted by Gasteiger charge is -2.26. The van der Waals surface area contributed by atoms with Crippen LogP contribution in [0.2, 0.25) is 0 Å². The number of nitrogens with zero attached hydrogens (tertiary/aromatic N) is 2. The van der Waals surface area contributed by atoms with E-state index in [4.69, 9.17) is 4.74 Å². The molecule has 1 rings (SSSR count). The second kappa shape index (κ2) is 13.5. The smallest absolute Gasteiger partial charge is 0.0594 e. The highest BCUT2D eigenvalue weighted by Crippen LogP contribution is 1.94. The number of rotatable bonds is 8. The summed E-state index contributed by atoms with van der Waals surface area (Å²) in [4.78, 5) is 4.62. The Morgan fingerprint density at radius 1 is 0.952 bits per heavy atom. The summed E-state index contributed by atoms with van der Waals surface area (Å²) in [5.41, 5.74) is 0. The molecule has 5 nitrogen and oxygen atoms in total. The van der Waals surface area contributed by atoms with Gasteiger partial charge in [-0.2, -0.15) is 0 Å². The van der Waals surface area contributed by atoms with Crippen molar-refractivity contribution in [2.24, 2.45) is 0 Å². The summed E-state index contributed by atoms with van der Waals surface area (Å²) >= 11 is 0. The zero-order chi connectivity index (χ0) is 16.1. The Kier molecular flexibility index (Phi) is 13.3. The van der Waals surface area contributed by atoms with Gasteiger partial charge in [0, 0.05) is 51.4 Å². The third-order valence-electron chi connectivity index (χ3n) is 3.20. The number of morpholine rings is 1. The highest BCUT2D eigenvalue weighted by molar-refractivity contribution is 4.64. The molecule has 1 aliphatic heterocycles. The minimum Gasteiger partial charge on any atom is -0.379 e. The number of likely N-dealkylation sites (N-methyl/N-ethyl adjacent to an activating group) is 1.